The topological polar surface area (TPSA) is 46.0 Å². The van der Waals surface area contributed by atoms with E-state index in [4.69, 9.17) is 0 Å². The molecule has 88 valence electrons. The first-order valence-electron chi connectivity index (χ1n) is 5.00. The van der Waals surface area contributed by atoms with E-state index in [1.807, 2.05) is 0 Å². The van der Waals surface area contributed by atoms with Crippen molar-refractivity contribution in [3.63, 3.8) is 0 Å². The van der Waals surface area contributed by atoms with Crippen molar-refractivity contribution in [2.75, 3.05) is 0 Å². The highest BCUT2D eigenvalue weighted by Crippen LogP contribution is 2.23. The Morgan fingerprint density at radius 2 is 2.00 bits per heavy atom. The molecule has 17 heavy (non-hydrogen) atoms. The van der Waals surface area contributed by atoms with E-state index in [0.717, 1.165) is 12.1 Å². The number of benzene rings is 1. The number of nitrogens with zero attached hydrogens (tertiary/aromatic N) is 2. The minimum Gasteiger partial charge on any atom is -0.382 e. The molecule has 5 heteroatoms. The summed E-state index contributed by atoms with van der Waals surface area (Å²) in [6, 6.07) is 4.51. The number of aliphatic hydroxyl groups excluding tert-OH is 1. The summed E-state index contributed by atoms with van der Waals surface area (Å²) >= 11 is 0. The molecule has 0 radical (unpaired) electrons. The van der Waals surface area contributed by atoms with Crippen LogP contribution in [0, 0.1) is 18.6 Å². The van der Waals surface area contributed by atoms with Crippen molar-refractivity contribution < 1.29 is 13.9 Å². The van der Waals surface area contributed by atoms with Gasteiger partial charge in [-0.05, 0) is 19.1 Å². The lowest BCUT2D eigenvalue weighted by molar-refractivity contribution is 0.209. The maximum absolute atomic E-state index is 13.4. The fourth-order valence-electron chi connectivity index (χ4n) is 1.51. The lowest BCUT2D eigenvalue weighted by Crippen LogP contribution is -2.06. The van der Waals surface area contributed by atoms with Gasteiger partial charge in [0.2, 0.25) is 0 Å². The molecule has 1 heterocycles. The van der Waals surface area contributed by atoms with Crippen molar-refractivity contribution >= 4 is 0 Å². The Labute approximate surface area is 96.8 Å². The maximum atomic E-state index is 13.4. The van der Waals surface area contributed by atoms with Crippen LogP contribution >= 0.6 is 0 Å². The molecule has 0 saturated carbocycles. The summed E-state index contributed by atoms with van der Waals surface area (Å²) in [5.74, 6) is -1.00. The molecule has 1 unspecified atom stereocenters. The third-order valence-electron chi connectivity index (χ3n) is 2.33. The molecular weight excluding hydrogens is 226 g/mol. The van der Waals surface area contributed by atoms with Gasteiger partial charge in [0.05, 0.1) is 5.69 Å². The van der Waals surface area contributed by atoms with Crippen molar-refractivity contribution in [2.24, 2.45) is 0 Å². The summed E-state index contributed by atoms with van der Waals surface area (Å²) in [6.07, 6.45) is 0.250. The standard InChI is InChI=1S/C12H10F2N2O/c1-7-15-5-4-11(16-7)12(17)9-3-2-8(13)6-10(9)14/h2-6,12,17H,1H3. The quantitative estimate of drug-likeness (QED) is 0.868. The average molecular weight is 236 g/mol. The molecule has 0 spiro atoms. The summed E-state index contributed by atoms with van der Waals surface area (Å²) in [4.78, 5) is 7.87. The van der Waals surface area contributed by atoms with E-state index in [0.29, 0.717) is 5.82 Å². The van der Waals surface area contributed by atoms with E-state index < -0.39 is 17.7 Å². The number of halogens is 2. The van der Waals surface area contributed by atoms with Crippen molar-refractivity contribution in [1.29, 1.82) is 0 Å². The zero-order valence-corrected chi connectivity index (χ0v) is 9.06. The van der Waals surface area contributed by atoms with E-state index in [-0.39, 0.29) is 11.3 Å². The number of hydrogen-bond donors (Lipinski definition) is 1. The minimum atomic E-state index is -1.22. The largest absolute Gasteiger partial charge is 0.382 e. The molecule has 0 fully saturated rings. The van der Waals surface area contributed by atoms with Gasteiger partial charge in [0.1, 0.15) is 23.6 Å². The molecule has 1 aromatic carbocycles. The lowest BCUT2D eigenvalue weighted by Gasteiger charge is -2.11. The highest BCUT2D eigenvalue weighted by atomic mass is 19.1. The Kier molecular flexibility index (Phi) is 3.10. The summed E-state index contributed by atoms with van der Waals surface area (Å²) in [5.41, 5.74) is 0.271. The van der Waals surface area contributed by atoms with Gasteiger partial charge >= 0.3 is 0 Å². The third-order valence-corrected chi connectivity index (χ3v) is 2.33. The second-order valence-electron chi connectivity index (χ2n) is 3.60. The van der Waals surface area contributed by atoms with Gasteiger partial charge in [0.15, 0.2) is 0 Å². The number of hydrogen-bond acceptors (Lipinski definition) is 3. The first-order chi connectivity index (χ1) is 8.08. The molecule has 0 bridgehead atoms. The molecule has 3 nitrogen and oxygen atoms in total. The van der Waals surface area contributed by atoms with Crippen molar-refractivity contribution in [1.82, 2.24) is 9.97 Å². The van der Waals surface area contributed by atoms with E-state index >= 15 is 0 Å². The SMILES string of the molecule is Cc1nccc(C(O)c2ccc(F)cc2F)n1. The second-order valence-corrected chi connectivity index (χ2v) is 3.60. The zero-order chi connectivity index (χ0) is 12.4. The molecule has 2 rings (SSSR count). The van der Waals surface area contributed by atoms with E-state index in [9.17, 15) is 13.9 Å². The second kappa shape index (κ2) is 4.55. The van der Waals surface area contributed by atoms with Gasteiger partial charge in [-0.1, -0.05) is 6.07 Å². The highest BCUT2D eigenvalue weighted by Gasteiger charge is 2.16. The van der Waals surface area contributed by atoms with Crippen LogP contribution in [0.15, 0.2) is 30.5 Å². The molecule has 0 aliphatic heterocycles. The molecule has 0 aliphatic rings. The van der Waals surface area contributed by atoms with Crippen molar-refractivity contribution in [3.8, 4) is 0 Å². The lowest BCUT2D eigenvalue weighted by atomic mass is 10.1. The van der Waals surface area contributed by atoms with Gasteiger partial charge in [0, 0.05) is 17.8 Å². The van der Waals surface area contributed by atoms with Gasteiger partial charge in [0.25, 0.3) is 0 Å². The molecule has 0 amide bonds. The van der Waals surface area contributed by atoms with Gasteiger partial charge in [-0.15, -0.1) is 0 Å². The zero-order valence-electron chi connectivity index (χ0n) is 9.06. The molecular formula is C12H10F2N2O. The normalized spacial score (nSPS) is 12.5. The third kappa shape index (κ3) is 2.45. The van der Waals surface area contributed by atoms with Crippen molar-refractivity contribution in [3.05, 3.63) is 59.2 Å². The Hall–Kier alpha value is -1.88. The first-order valence-corrected chi connectivity index (χ1v) is 5.00. The van der Waals surface area contributed by atoms with Crippen LogP contribution < -0.4 is 0 Å². The van der Waals surface area contributed by atoms with E-state index in [1.54, 1.807) is 6.92 Å². The van der Waals surface area contributed by atoms with E-state index in [1.165, 1.54) is 18.3 Å². The summed E-state index contributed by atoms with van der Waals surface area (Å²) in [5, 5.41) is 9.94. The Bertz CT molecular complexity index is 546. The van der Waals surface area contributed by atoms with Crippen molar-refractivity contribution in [2.45, 2.75) is 13.0 Å². The molecule has 1 atom stereocenters. The van der Waals surface area contributed by atoms with Gasteiger partial charge in [-0.3, -0.25) is 0 Å². The van der Waals surface area contributed by atoms with Gasteiger partial charge < -0.3 is 5.11 Å². The number of rotatable bonds is 2. The predicted molar refractivity (Wildman–Crippen MR) is 57.2 cm³/mol. The van der Waals surface area contributed by atoms with Crippen LogP contribution in [0.4, 0.5) is 8.78 Å². The number of aromatic nitrogens is 2. The highest BCUT2D eigenvalue weighted by molar-refractivity contribution is 5.27. The van der Waals surface area contributed by atoms with Crippen LogP contribution in [0.5, 0.6) is 0 Å². The van der Waals surface area contributed by atoms with Crippen LogP contribution in [0.25, 0.3) is 0 Å². The fourth-order valence-corrected chi connectivity index (χ4v) is 1.51. The van der Waals surface area contributed by atoms with Gasteiger partial charge in [-0.2, -0.15) is 0 Å². The summed E-state index contributed by atoms with van der Waals surface area (Å²) in [6.45, 7) is 1.66. The molecule has 0 saturated heterocycles. The molecule has 0 aliphatic carbocycles. The van der Waals surface area contributed by atoms with Crippen LogP contribution in [0.2, 0.25) is 0 Å². The molecule has 1 N–H and O–H groups in total. The predicted octanol–water partition coefficient (Wildman–Crippen LogP) is 2.14. The van der Waals surface area contributed by atoms with Crippen LogP contribution in [0.3, 0.4) is 0 Å². The monoisotopic (exact) mass is 236 g/mol. The smallest absolute Gasteiger partial charge is 0.132 e. The van der Waals surface area contributed by atoms with Crippen LogP contribution in [-0.4, -0.2) is 15.1 Å². The Morgan fingerprint density at radius 3 is 2.65 bits per heavy atom. The minimum absolute atomic E-state index is 0.00972. The summed E-state index contributed by atoms with van der Waals surface area (Å²) < 4.78 is 26.2. The van der Waals surface area contributed by atoms with Crippen LogP contribution in [-0.2, 0) is 0 Å². The van der Waals surface area contributed by atoms with E-state index in [2.05, 4.69) is 9.97 Å². The fraction of sp³-hybridized carbons (Fsp3) is 0.167. The van der Waals surface area contributed by atoms with Crippen LogP contribution in [0.1, 0.15) is 23.2 Å². The Morgan fingerprint density at radius 1 is 1.24 bits per heavy atom. The molecule has 1 aromatic heterocycles. The number of aryl methyl sites for hydroxylation is 1. The van der Waals surface area contributed by atoms with Gasteiger partial charge in [-0.25, -0.2) is 18.7 Å². The Balaban J connectivity index is 2.40. The first kappa shape index (κ1) is 11.6. The molecule has 2 aromatic rings. The average Bonchev–Trinajstić information content (AvgIpc) is 2.28. The number of aliphatic hydroxyl groups is 1. The summed E-state index contributed by atoms with van der Waals surface area (Å²) in [7, 11) is 0. The maximum Gasteiger partial charge on any atom is 0.132 e.